The Kier molecular flexibility index (Phi) is 7.72. The summed E-state index contributed by atoms with van der Waals surface area (Å²) >= 11 is 1.62. The molecule has 0 radical (unpaired) electrons. The van der Waals surface area contributed by atoms with Gasteiger partial charge in [0.1, 0.15) is 5.56 Å². The molecule has 0 aliphatic heterocycles. The molecule has 1 fully saturated rings. The Hall–Kier alpha value is -2.28. The molecule has 0 amide bonds. The topological polar surface area (TPSA) is 76.1 Å². The third-order valence-electron chi connectivity index (χ3n) is 3.80. The van der Waals surface area contributed by atoms with Gasteiger partial charge in [-0.2, -0.15) is 4.98 Å². The zero-order valence-electron chi connectivity index (χ0n) is 15.7. The number of para-hydroxylation sites is 1. The largest absolute Gasteiger partial charge is 0.465 e. The van der Waals surface area contributed by atoms with Gasteiger partial charge in [-0.15, -0.1) is 11.8 Å². The van der Waals surface area contributed by atoms with Gasteiger partial charge in [0, 0.05) is 17.6 Å². The van der Waals surface area contributed by atoms with Crippen molar-refractivity contribution in [3.8, 4) is 0 Å². The molecular weight excluding hydrogens is 348 g/mol. The Morgan fingerprint density at radius 3 is 2.69 bits per heavy atom. The van der Waals surface area contributed by atoms with Crippen LogP contribution in [0.3, 0.4) is 0 Å². The summed E-state index contributed by atoms with van der Waals surface area (Å²) in [6, 6.07) is 7.87. The smallest absolute Gasteiger partial charge is 0.343 e. The Morgan fingerprint density at radius 1 is 1.31 bits per heavy atom. The number of hydrogen-bond acceptors (Lipinski definition) is 7. The fourth-order valence-electron chi connectivity index (χ4n) is 2.25. The highest BCUT2D eigenvalue weighted by Crippen LogP contribution is 2.30. The summed E-state index contributed by atoms with van der Waals surface area (Å²) in [4.78, 5) is 21.8. The number of hydrogen-bond donors (Lipinski definition) is 2. The first kappa shape index (κ1) is 20.0. The zero-order chi connectivity index (χ0) is 18.9. The molecule has 0 spiro atoms. The summed E-state index contributed by atoms with van der Waals surface area (Å²) in [7, 11) is 1.35. The lowest BCUT2D eigenvalue weighted by atomic mass is 10.2. The highest BCUT2D eigenvalue weighted by Gasteiger charge is 2.22. The number of nitrogens with one attached hydrogen (secondary N) is 2. The summed E-state index contributed by atoms with van der Waals surface area (Å²) < 4.78 is 4.83. The van der Waals surface area contributed by atoms with Crippen molar-refractivity contribution in [1.82, 2.24) is 9.97 Å². The van der Waals surface area contributed by atoms with E-state index in [0.717, 1.165) is 17.1 Å². The molecular formula is C19H26N4O2S. The summed E-state index contributed by atoms with van der Waals surface area (Å²) in [5, 5.41) is 6.46. The first-order valence-corrected chi connectivity index (χ1v) is 10.0. The Bertz CT molecular complexity index is 735. The van der Waals surface area contributed by atoms with E-state index >= 15 is 0 Å². The van der Waals surface area contributed by atoms with Gasteiger partial charge in [-0.1, -0.05) is 26.0 Å². The van der Waals surface area contributed by atoms with Crippen LogP contribution < -0.4 is 10.6 Å². The number of esters is 1. The number of ether oxygens (including phenoxy) is 1. The molecule has 0 unspecified atom stereocenters. The van der Waals surface area contributed by atoms with E-state index in [1.807, 2.05) is 44.4 Å². The van der Waals surface area contributed by atoms with E-state index in [9.17, 15) is 4.79 Å². The van der Waals surface area contributed by atoms with Crippen LogP contribution in [-0.2, 0) is 4.74 Å². The third kappa shape index (κ3) is 5.36. The van der Waals surface area contributed by atoms with Gasteiger partial charge in [0.25, 0.3) is 0 Å². The van der Waals surface area contributed by atoms with Crippen LogP contribution in [0.2, 0.25) is 0 Å². The molecule has 1 saturated carbocycles. The predicted molar refractivity (Wildman–Crippen MR) is 107 cm³/mol. The van der Waals surface area contributed by atoms with Crippen LogP contribution in [-0.4, -0.2) is 35.8 Å². The van der Waals surface area contributed by atoms with Crippen molar-refractivity contribution in [2.75, 3.05) is 30.5 Å². The first-order chi connectivity index (χ1) is 12.7. The minimum Gasteiger partial charge on any atom is -0.465 e. The summed E-state index contributed by atoms with van der Waals surface area (Å²) in [5.41, 5.74) is 1.20. The molecule has 1 aliphatic rings. The fourth-order valence-corrected chi connectivity index (χ4v) is 2.81. The van der Waals surface area contributed by atoms with Gasteiger partial charge >= 0.3 is 5.97 Å². The van der Waals surface area contributed by atoms with Crippen LogP contribution in [0.4, 0.5) is 17.5 Å². The van der Waals surface area contributed by atoms with Crippen molar-refractivity contribution in [3.05, 3.63) is 36.0 Å². The van der Waals surface area contributed by atoms with Gasteiger partial charge in [0.15, 0.2) is 5.82 Å². The van der Waals surface area contributed by atoms with E-state index in [0.29, 0.717) is 23.2 Å². The highest BCUT2D eigenvalue weighted by molar-refractivity contribution is 7.98. The lowest BCUT2D eigenvalue weighted by molar-refractivity contribution is 0.0601. The quantitative estimate of drug-likeness (QED) is 0.543. The van der Waals surface area contributed by atoms with Crippen LogP contribution >= 0.6 is 11.8 Å². The minimum atomic E-state index is -0.465. The molecule has 1 aromatic heterocycles. The average molecular weight is 375 g/mol. The van der Waals surface area contributed by atoms with Crippen LogP contribution in [0.1, 0.15) is 37.0 Å². The van der Waals surface area contributed by atoms with Crippen molar-refractivity contribution in [2.24, 2.45) is 5.92 Å². The molecule has 3 rings (SSSR count). The van der Waals surface area contributed by atoms with Crippen molar-refractivity contribution in [3.63, 3.8) is 0 Å². The number of carbonyl (C=O) groups is 1. The molecule has 7 heteroatoms. The molecule has 1 aliphatic carbocycles. The number of carbonyl (C=O) groups excluding carboxylic acids is 1. The molecule has 2 N–H and O–H groups in total. The van der Waals surface area contributed by atoms with Crippen molar-refractivity contribution in [2.45, 2.75) is 31.6 Å². The van der Waals surface area contributed by atoms with E-state index < -0.39 is 5.97 Å². The Labute approximate surface area is 159 Å². The first-order valence-electron chi connectivity index (χ1n) is 8.80. The monoisotopic (exact) mass is 374 g/mol. The number of aromatic nitrogens is 2. The van der Waals surface area contributed by atoms with E-state index in [-0.39, 0.29) is 0 Å². The van der Waals surface area contributed by atoms with Crippen molar-refractivity contribution < 1.29 is 9.53 Å². The van der Waals surface area contributed by atoms with E-state index in [1.165, 1.54) is 26.1 Å². The number of benzene rings is 1. The van der Waals surface area contributed by atoms with E-state index in [4.69, 9.17) is 4.74 Å². The second-order valence-electron chi connectivity index (χ2n) is 5.60. The third-order valence-corrected chi connectivity index (χ3v) is 4.60. The second-order valence-corrected chi connectivity index (χ2v) is 6.45. The molecule has 0 atom stereocenters. The maximum atomic E-state index is 12.0. The Balaban J connectivity index is 0.00000117. The van der Waals surface area contributed by atoms with Gasteiger partial charge in [0.05, 0.1) is 12.8 Å². The molecule has 26 heavy (non-hydrogen) atoms. The van der Waals surface area contributed by atoms with Gasteiger partial charge in [-0.25, -0.2) is 9.78 Å². The average Bonchev–Trinajstić information content (AvgIpc) is 3.52. The summed E-state index contributed by atoms with van der Waals surface area (Å²) in [6.07, 6.45) is 6.00. The van der Waals surface area contributed by atoms with Gasteiger partial charge < -0.3 is 15.4 Å². The molecule has 2 aromatic rings. The Morgan fingerprint density at radius 2 is 2.04 bits per heavy atom. The fraction of sp³-hybridized carbons (Fsp3) is 0.421. The molecule has 140 valence electrons. The molecule has 0 saturated heterocycles. The molecule has 1 heterocycles. The summed E-state index contributed by atoms with van der Waals surface area (Å²) in [6.45, 7) is 4.86. The summed E-state index contributed by atoms with van der Waals surface area (Å²) in [5.74, 6) is 1.20. The van der Waals surface area contributed by atoms with Gasteiger partial charge in [0.2, 0.25) is 5.95 Å². The van der Waals surface area contributed by atoms with Crippen LogP contribution in [0, 0.1) is 5.92 Å². The lowest BCUT2D eigenvalue weighted by Gasteiger charge is -2.13. The predicted octanol–water partition coefficient (Wildman–Crippen LogP) is 4.58. The molecule has 6 nitrogen and oxygen atoms in total. The van der Waals surface area contributed by atoms with E-state index in [2.05, 4.69) is 20.6 Å². The van der Waals surface area contributed by atoms with Crippen LogP contribution in [0.5, 0.6) is 0 Å². The number of nitrogens with zero attached hydrogens (tertiary/aromatic N) is 2. The van der Waals surface area contributed by atoms with Crippen molar-refractivity contribution in [1.29, 1.82) is 0 Å². The number of rotatable bonds is 7. The second kappa shape index (κ2) is 10.0. The van der Waals surface area contributed by atoms with E-state index in [1.54, 1.807) is 11.8 Å². The number of methoxy groups -OCH3 is 1. The van der Waals surface area contributed by atoms with Crippen molar-refractivity contribution >= 4 is 35.2 Å². The maximum Gasteiger partial charge on any atom is 0.343 e. The minimum absolute atomic E-state index is 0.311. The zero-order valence-corrected chi connectivity index (χ0v) is 16.5. The molecule has 1 aromatic carbocycles. The van der Waals surface area contributed by atoms with Gasteiger partial charge in [-0.3, -0.25) is 0 Å². The maximum absolute atomic E-state index is 12.0. The number of thioether (sulfide) groups is 1. The number of anilines is 3. The highest BCUT2D eigenvalue weighted by atomic mass is 32.2. The van der Waals surface area contributed by atoms with Gasteiger partial charge in [-0.05, 0) is 37.1 Å². The standard InChI is InChI=1S/C17H20N4O2S.C2H6/c1-23-16(22)12-10-19-17(18-9-11-7-8-11)21-15(12)20-13-5-3-4-6-14(13)24-2;1-2/h3-6,10-11H,7-9H2,1-2H3,(H2,18,19,20,21);1-2H3. The normalized spacial score (nSPS) is 12.6. The lowest BCUT2D eigenvalue weighted by Crippen LogP contribution is -2.12. The molecule has 0 bridgehead atoms. The SMILES string of the molecule is CC.COC(=O)c1cnc(NCC2CC2)nc1Nc1ccccc1SC. The van der Waals surface area contributed by atoms with Crippen LogP contribution in [0.25, 0.3) is 0 Å². The van der Waals surface area contributed by atoms with Crippen LogP contribution in [0.15, 0.2) is 35.4 Å².